The van der Waals surface area contributed by atoms with Crippen LogP contribution >= 0.6 is 0 Å². The van der Waals surface area contributed by atoms with E-state index in [9.17, 15) is 0 Å². The van der Waals surface area contributed by atoms with E-state index in [-0.39, 0.29) is 0 Å². The van der Waals surface area contributed by atoms with Gasteiger partial charge in [-0.1, -0.05) is 140 Å². The molecule has 0 radical (unpaired) electrons. The third-order valence-electron chi connectivity index (χ3n) is 12.6. The largest absolute Gasteiger partial charge is 0.309 e. The van der Waals surface area contributed by atoms with Crippen LogP contribution in [0.5, 0.6) is 0 Å². The van der Waals surface area contributed by atoms with Gasteiger partial charge in [-0.2, -0.15) is 0 Å². The van der Waals surface area contributed by atoms with Crippen LogP contribution in [-0.2, 0) is 0 Å². The molecule has 0 aliphatic heterocycles. The lowest BCUT2D eigenvalue weighted by atomic mass is 9.84. The number of aromatic nitrogens is 2. The molecule has 0 fully saturated rings. The maximum Gasteiger partial charge on any atom is 0.0541 e. The normalized spacial score (nSPS) is 12.0. The maximum absolute atomic E-state index is 2.45. The van der Waals surface area contributed by atoms with Gasteiger partial charge in [-0.05, 0) is 134 Å². The van der Waals surface area contributed by atoms with Crippen LogP contribution in [0.2, 0.25) is 0 Å². The van der Waals surface area contributed by atoms with Crippen LogP contribution in [-0.4, -0.2) is 9.13 Å². The molecule has 0 unspecified atom stereocenters. The van der Waals surface area contributed by atoms with Gasteiger partial charge >= 0.3 is 0 Å². The Bertz CT molecular complexity index is 3550. The number of rotatable bonds is 4. The Morgan fingerprint density at radius 1 is 0.276 bits per heavy atom. The number of fused-ring (bicyclic) bond motifs is 9. The molecule has 58 heavy (non-hydrogen) atoms. The van der Waals surface area contributed by atoms with E-state index in [0.29, 0.717) is 0 Å². The molecular weight excluding hydrogens is 701 g/mol. The Labute approximate surface area is 336 Å². The van der Waals surface area contributed by atoms with E-state index in [1.54, 1.807) is 0 Å². The predicted molar refractivity (Wildman–Crippen MR) is 248 cm³/mol. The van der Waals surface area contributed by atoms with Crippen molar-refractivity contribution in [2.45, 2.75) is 13.8 Å². The number of nitrogens with zero attached hydrogens (tertiary/aromatic N) is 2. The molecule has 0 saturated heterocycles. The quantitative estimate of drug-likeness (QED) is 0.159. The van der Waals surface area contributed by atoms with Gasteiger partial charge in [0.15, 0.2) is 0 Å². The molecule has 0 atom stereocenters. The molecule has 0 aliphatic rings. The van der Waals surface area contributed by atoms with E-state index >= 15 is 0 Å². The minimum absolute atomic E-state index is 1.15. The van der Waals surface area contributed by atoms with Gasteiger partial charge in [-0.25, -0.2) is 0 Å². The maximum atomic E-state index is 2.45. The van der Waals surface area contributed by atoms with Crippen molar-refractivity contribution in [3.63, 3.8) is 0 Å². The summed E-state index contributed by atoms with van der Waals surface area (Å²) in [5.74, 6) is 0. The molecule has 0 N–H and O–H groups in total. The minimum atomic E-state index is 1.15. The van der Waals surface area contributed by atoms with Crippen molar-refractivity contribution in [2.24, 2.45) is 0 Å². The third kappa shape index (κ3) is 4.79. The molecule has 2 aromatic heterocycles. The summed E-state index contributed by atoms with van der Waals surface area (Å²) in [5, 5.41) is 12.5. The lowest BCUT2D eigenvalue weighted by molar-refractivity contribution is 1.18. The molecule has 12 rings (SSSR count). The van der Waals surface area contributed by atoms with Crippen molar-refractivity contribution in [1.29, 1.82) is 0 Å². The standard InChI is InChI=1S/C56H38N2/c1-35-23-24-39(31-36(35)2)55-47-29-27-42(58-53-21-11-7-17-45(53)46-18-8-12-22-54(46)58)34-50(47)56(40-26-25-37-13-3-4-14-38(37)32-40)48-30-28-41(33-49(48)55)57-51-19-9-5-15-43(51)44-16-6-10-20-52(44)57/h3-34H,1-2H3. The van der Waals surface area contributed by atoms with Crippen molar-refractivity contribution in [1.82, 2.24) is 9.13 Å². The Morgan fingerprint density at radius 2 is 0.690 bits per heavy atom. The second-order valence-corrected chi connectivity index (χ2v) is 15.8. The first-order chi connectivity index (χ1) is 28.6. The Hall–Kier alpha value is -7.42. The summed E-state index contributed by atoms with van der Waals surface area (Å²) < 4.78 is 4.89. The summed E-state index contributed by atoms with van der Waals surface area (Å²) in [5.41, 5.74) is 14.7. The molecule has 12 aromatic rings. The van der Waals surface area contributed by atoms with Crippen LogP contribution < -0.4 is 0 Å². The van der Waals surface area contributed by atoms with Crippen LogP contribution in [0.1, 0.15) is 11.1 Å². The average Bonchev–Trinajstić information content (AvgIpc) is 3.79. The monoisotopic (exact) mass is 738 g/mol. The van der Waals surface area contributed by atoms with Gasteiger partial charge in [0.1, 0.15) is 0 Å². The van der Waals surface area contributed by atoms with E-state index in [1.807, 2.05) is 0 Å². The van der Waals surface area contributed by atoms with Crippen LogP contribution in [0.4, 0.5) is 0 Å². The first-order valence-corrected chi connectivity index (χ1v) is 20.2. The highest BCUT2D eigenvalue weighted by Crippen LogP contribution is 2.47. The lowest BCUT2D eigenvalue weighted by Gasteiger charge is -2.21. The van der Waals surface area contributed by atoms with Gasteiger partial charge in [0, 0.05) is 32.9 Å². The SMILES string of the molecule is Cc1ccc(-c2c3ccc(-n4c5ccccc5c5ccccc54)cc3c(-c3ccc4ccccc4c3)c3ccc(-n4c5ccccc5c5ccccc54)cc23)cc1C. The number of para-hydroxylation sites is 4. The van der Waals surface area contributed by atoms with Gasteiger partial charge in [0.2, 0.25) is 0 Å². The van der Waals surface area contributed by atoms with Gasteiger partial charge in [0.05, 0.1) is 22.1 Å². The zero-order valence-electron chi connectivity index (χ0n) is 32.4. The number of hydrogen-bond donors (Lipinski definition) is 0. The Balaban J connectivity index is 1.24. The Morgan fingerprint density at radius 3 is 1.17 bits per heavy atom. The molecule has 0 saturated carbocycles. The molecule has 0 amide bonds. The topological polar surface area (TPSA) is 9.86 Å². The van der Waals surface area contributed by atoms with Crippen molar-refractivity contribution in [3.8, 4) is 33.6 Å². The van der Waals surface area contributed by atoms with E-state index < -0.39 is 0 Å². The highest BCUT2D eigenvalue weighted by Gasteiger charge is 2.21. The van der Waals surface area contributed by atoms with E-state index in [4.69, 9.17) is 0 Å². The Kier molecular flexibility index (Phi) is 7.09. The van der Waals surface area contributed by atoms with Crippen LogP contribution in [0, 0.1) is 13.8 Å². The first-order valence-electron chi connectivity index (χ1n) is 20.2. The average molecular weight is 739 g/mol. The fourth-order valence-corrected chi connectivity index (χ4v) is 9.75. The summed E-state index contributed by atoms with van der Waals surface area (Å²) in [4.78, 5) is 0. The zero-order chi connectivity index (χ0) is 38.5. The summed E-state index contributed by atoms with van der Waals surface area (Å²) in [6.07, 6.45) is 0. The van der Waals surface area contributed by atoms with Gasteiger partial charge in [-0.3, -0.25) is 0 Å². The van der Waals surface area contributed by atoms with Crippen LogP contribution in [0.3, 0.4) is 0 Å². The molecule has 2 heterocycles. The fourth-order valence-electron chi connectivity index (χ4n) is 9.75. The molecule has 0 bridgehead atoms. The fraction of sp³-hybridized carbons (Fsp3) is 0.0357. The first kappa shape index (κ1) is 32.8. The molecular formula is C56H38N2. The van der Waals surface area contributed by atoms with Crippen LogP contribution in [0.15, 0.2) is 194 Å². The molecule has 0 spiro atoms. The molecule has 2 nitrogen and oxygen atoms in total. The highest BCUT2D eigenvalue weighted by molar-refractivity contribution is 6.23. The third-order valence-corrected chi connectivity index (χ3v) is 12.6. The summed E-state index contributed by atoms with van der Waals surface area (Å²) in [7, 11) is 0. The van der Waals surface area contributed by atoms with E-state index in [0.717, 1.165) is 11.4 Å². The minimum Gasteiger partial charge on any atom is -0.309 e. The second-order valence-electron chi connectivity index (χ2n) is 15.8. The van der Waals surface area contributed by atoms with Gasteiger partial charge in [0.25, 0.3) is 0 Å². The smallest absolute Gasteiger partial charge is 0.0541 e. The van der Waals surface area contributed by atoms with E-state index in [1.165, 1.54) is 109 Å². The van der Waals surface area contributed by atoms with Crippen molar-refractivity contribution >= 4 is 75.9 Å². The zero-order valence-corrected chi connectivity index (χ0v) is 32.4. The highest BCUT2D eigenvalue weighted by atomic mass is 15.0. The number of aryl methyl sites for hydroxylation is 2. The predicted octanol–water partition coefficient (Wildman–Crippen LogP) is 15.3. The molecule has 2 heteroatoms. The second kappa shape index (κ2) is 12.5. The molecule has 10 aromatic carbocycles. The number of hydrogen-bond acceptors (Lipinski definition) is 0. The van der Waals surface area contributed by atoms with Crippen molar-refractivity contribution in [2.75, 3.05) is 0 Å². The van der Waals surface area contributed by atoms with Gasteiger partial charge < -0.3 is 9.13 Å². The number of benzene rings is 10. The molecule has 0 aliphatic carbocycles. The summed E-state index contributed by atoms with van der Waals surface area (Å²) in [6.45, 7) is 4.44. The lowest BCUT2D eigenvalue weighted by Crippen LogP contribution is -1.98. The summed E-state index contributed by atoms with van der Waals surface area (Å²) >= 11 is 0. The van der Waals surface area contributed by atoms with E-state index in [2.05, 4.69) is 217 Å². The van der Waals surface area contributed by atoms with Crippen molar-refractivity contribution < 1.29 is 0 Å². The molecule has 272 valence electrons. The summed E-state index contributed by atoms with van der Waals surface area (Å²) in [6, 6.07) is 72.2. The van der Waals surface area contributed by atoms with Crippen LogP contribution in [0.25, 0.3) is 110 Å². The van der Waals surface area contributed by atoms with Crippen molar-refractivity contribution in [3.05, 3.63) is 205 Å². The van der Waals surface area contributed by atoms with Gasteiger partial charge in [-0.15, -0.1) is 0 Å².